The molecule has 150 valence electrons. The molecule has 2 aromatic carbocycles. The van der Waals surface area contributed by atoms with Gasteiger partial charge in [0.1, 0.15) is 12.4 Å². The van der Waals surface area contributed by atoms with E-state index in [1.807, 2.05) is 12.1 Å². The minimum absolute atomic E-state index is 0.286. The summed E-state index contributed by atoms with van der Waals surface area (Å²) < 4.78 is 15.7. The van der Waals surface area contributed by atoms with Crippen LogP contribution in [-0.4, -0.2) is 15.0 Å². The van der Waals surface area contributed by atoms with Crippen LogP contribution in [0.25, 0.3) is 5.69 Å². The molecule has 29 heavy (non-hydrogen) atoms. The lowest BCUT2D eigenvalue weighted by atomic mass is 10.0. The number of aryl methyl sites for hydroxylation is 1. The fourth-order valence-electron chi connectivity index (χ4n) is 2.97. The molecule has 0 fully saturated rings. The summed E-state index contributed by atoms with van der Waals surface area (Å²) in [6, 6.07) is 11.4. The Balaban J connectivity index is 1.80. The first-order valence-corrected chi connectivity index (χ1v) is 9.24. The van der Waals surface area contributed by atoms with E-state index in [9.17, 15) is 18.8 Å². The normalized spacial score (nSPS) is 10.9. The van der Waals surface area contributed by atoms with E-state index >= 15 is 0 Å². The second-order valence-corrected chi connectivity index (χ2v) is 7.16. The van der Waals surface area contributed by atoms with Gasteiger partial charge in [-0.25, -0.2) is 4.39 Å². The molecule has 0 saturated heterocycles. The molecule has 0 aliphatic heterocycles. The van der Waals surface area contributed by atoms with Crippen molar-refractivity contribution in [1.29, 1.82) is 0 Å². The Hall–Kier alpha value is -3.48. The fourth-order valence-corrected chi connectivity index (χ4v) is 2.97. The van der Waals surface area contributed by atoms with Gasteiger partial charge in [0.2, 0.25) is 5.91 Å². The van der Waals surface area contributed by atoms with Crippen LogP contribution in [0.1, 0.15) is 30.9 Å². The van der Waals surface area contributed by atoms with Crippen LogP contribution in [-0.2, 0) is 11.3 Å². The minimum Gasteiger partial charge on any atom is -0.325 e. The van der Waals surface area contributed by atoms with E-state index in [0.717, 1.165) is 14.7 Å². The topological polar surface area (TPSA) is 73.1 Å². The summed E-state index contributed by atoms with van der Waals surface area (Å²) in [4.78, 5) is 37.2. The lowest BCUT2D eigenvalue weighted by Crippen LogP contribution is -2.41. The van der Waals surface area contributed by atoms with Crippen LogP contribution in [0.5, 0.6) is 0 Å². The van der Waals surface area contributed by atoms with E-state index in [0.29, 0.717) is 17.2 Å². The van der Waals surface area contributed by atoms with Gasteiger partial charge < -0.3 is 5.32 Å². The number of benzene rings is 2. The number of carbonyl (C=O) groups is 1. The first-order valence-electron chi connectivity index (χ1n) is 9.24. The lowest BCUT2D eigenvalue weighted by Gasteiger charge is -2.12. The predicted octanol–water partition coefficient (Wildman–Crippen LogP) is 3.21. The highest BCUT2D eigenvalue weighted by Gasteiger charge is 2.12. The van der Waals surface area contributed by atoms with Gasteiger partial charge in [-0.05, 0) is 48.2 Å². The number of rotatable bonds is 5. The van der Waals surface area contributed by atoms with E-state index in [1.165, 1.54) is 30.6 Å². The van der Waals surface area contributed by atoms with E-state index in [2.05, 4.69) is 19.2 Å². The molecule has 0 atom stereocenters. The first-order chi connectivity index (χ1) is 13.8. The molecule has 1 N–H and O–H groups in total. The summed E-state index contributed by atoms with van der Waals surface area (Å²) in [5.74, 6) is -0.556. The van der Waals surface area contributed by atoms with E-state index in [-0.39, 0.29) is 12.2 Å². The Morgan fingerprint density at radius 3 is 2.38 bits per heavy atom. The molecule has 0 spiro atoms. The third-order valence-electron chi connectivity index (χ3n) is 4.66. The predicted molar refractivity (Wildman–Crippen MR) is 110 cm³/mol. The summed E-state index contributed by atoms with van der Waals surface area (Å²) in [5, 5.41) is 2.71. The zero-order valence-corrected chi connectivity index (χ0v) is 16.5. The standard InChI is InChI=1S/C22H22FN3O3/c1-14(2)16-5-8-18(9-6-16)24-20(27)13-25-10-11-26(22(29)21(25)28)19-12-17(23)7-4-15(19)3/h4-12,14H,13H2,1-3H3,(H,24,27). The maximum absolute atomic E-state index is 13.5. The van der Waals surface area contributed by atoms with Crippen molar-refractivity contribution in [2.75, 3.05) is 5.32 Å². The average Bonchev–Trinajstić information content (AvgIpc) is 2.68. The first kappa shape index (κ1) is 20.3. The second kappa shape index (κ2) is 8.26. The van der Waals surface area contributed by atoms with Crippen molar-refractivity contribution >= 4 is 11.6 Å². The van der Waals surface area contributed by atoms with Crippen LogP contribution in [0, 0.1) is 12.7 Å². The molecule has 0 saturated carbocycles. The number of hydrogen-bond acceptors (Lipinski definition) is 3. The second-order valence-electron chi connectivity index (χ2n) is 7.16. The van der Waals surface area contributed by atoms with Crippen LogP contribution in [0.2, 0.25) is 0 Å². The largest absolute Gasteiger partial charge is 0.325 e. The maximum Gasteiger partial charge on any atom is 0.320 e. The number of carbonyl (C=O) groups excluding carboxylic acids is 1. The molecule has 1 heterocycles. The van der Waals surface area contributed by atoms with Crippen molar-refractivity contribution in [3.63, 3.8) is 0 Å². The Kier molecular flexibility index (Phi) is 5.77. The molecule has 6 nitrogen and oxygen atoms in total. The van der Waals surface area contributed by atoms with Crippen molar-refractivity contribution in [2.24, 2.45) is 0 Å². The Labute approximate surface area is 167 Å². The monoisotopic (exact) mass is 395 g/mol. The zero-order valence-electron chi connectivity index (χ0n) is 16.5. The van der Waals surface area contributed by atoms with Crippen LogP contribution < -0.4 is 16.4 Å². The lowest BCUT2D eigenvalue weighted by molar-refractivity contribution is -0.116. The summed E-state index contributed by atoms with van der Waals surface area (Å²) in [5.41, 5.74) is 0.977. The molecule has 1 amide bonds. The Bertz CT molecular complexity index is 1160. The number of aromatic nitrogens is 2. The van der Waals surface area contributed by atoms with Gasteiger partial charge in [0.05, 0.1) is 5.69 Å². The molecule has 3 aromatic rings. The third kappa shape index (κ3) is 4.51. The molecule has 0 radical (unpaired) electrons. The maximum atomic E-state index is 13.5. The molecule has 0 aliphatic carbocycles. The minimum atomic E-state index is -0.860. The van der Waals surface area contributed by atoms with Crippen LogP contribution in [0.3, 0.4) is 0 Å². The summed E-state index contributed by atoms with van der Waals surface area (Å²) >= 11 is 0. The fraction of sp³-hybridized carbons (Fsp3) is 0.227. The SMILES string of the molecule is Cc1ccc(F)cc1-n1ccn(CC(=O)Nc2ccc(C(C)C)cc2)c(=O)c1=O. The summed E-state index contributed by atoms with van der Waals surface area (Å²) in [6.45, 7) is 5.56. The van der Waals surface area contributed by atoms with Gasteiger partial charge in [0.15, 0.2) is 0 Å². The van der Waals surface area contributed by atoms with Gasteiger partial charge in [0, 0.05) is 18.1 Å². The zero-order chi connectivity index (χ0) is 21.1. The number of nitrogens with zero attached hydrogens (tertiary/aromatic N) is 2. The highest BCUT2D eigenvalue weighted by atomic mass is 19.1. The number of amides is 1. The highest BCUT2D eigenvalue weighted by molar-refractivity contribution is 5.90. The molecule has 0 aliphatic rings. The smallest absolute Gasteiger partial charge is 0.320 e. The number of anilines is 1. The number of halogens is 1. The van der Waals surface area contributed by atoms with Crippen molar-refractivity contribution in [3.05, 3.63) is 92.5 Å². The van der Waals surface area contributed by atoms with Crippen LogP contribution in [0.15, 0.2) is 64.4 Å². The molecule has 1 aromatic heterocycles. The summed E-state index contributed by atoms with van der Waals surface area (Å²) in [7, 11) is 0. The quantitative estimate of drug-likeness (QED) is 0.674. The molecule has 0 bridgehead atoms. The van der Waals surface area contributed by atoms with Crippen molar-refractivity contribution in [3.8, 4) is 5.69 Å². The van der Waals surface area contributed by atoms with Gasteiger partial charge in [-0.2, -0.15) is 0 Å². The average molecular weight is 395 g/mol. The van der Waals surface area contributed by atoms with Crippen LogP contribution in [0.4, 0.5) is 10.1 Å². The van der Waals surface area contributed by atoms with Gasteiger partial charge in [0.25, 0.3) is 0 Å². The van der Waals surface area contributed by atoms with Crippen molar-refractivity contribution in [2.45, 2.75) is 33.2 Å². The molecule has 7 heteroatoms. The van der Waals surface area contributed by atoms with Crippen LogP contribution >= 0.6 is 0 Å². The van der Waals surface area contributed by atoms with Crippen molar-refractivity contribution in [1.82, 2.24) is 9.13 Å². The van der Waals surface area contributed by atoms with E-state index in [4.69, 9.17) is 0 Å². The molecular weight excluding hydrogens is 373 g/mol. The van der Waals surface area contributed by atoms with Gasteiger partial charge in [-0.3, -0.25) is 23.5 Å². The summed E-state index contributed by atoms with van der Waals surface area (Å²) in [6.07, 6.45) is 2.70. The van der Waals surface area contributed by atoms with E-state index in [1.54, 1.807) is 19.1 Å². The van der Waals surface area contributed by atoms with E-state index < -0.39 is 22.8 Å². The van der Waals surface area contributed by atoms with Crippen molar-refractivity contribution < 1.29 is 9.18 Å². The molecule has 3 rings (SSSR count). The van der Waals surface area contributed by atoms with Gasteiger partial charge >= 0.3 is 11.1 Å². The number of hydrogen-bond donors (Lipinski definition) is 1. The third-order valence-corrected chi connectivity index (χ3v) is 4.66. The Morgan fingerprint density at radius 2 is 1.72 bits per heavy atom. The Morgan fingerprint density at radius 1 is 1.03 bits per heavy atom. The molecular formula is C22H22FN3O3. The molecule has 0 unspecified atom stereocenters. The highest BCUT2D eigenvalue weighted by Crippen LogP contribution is 2.17. The van der Waals surface area contributed by atoms with Gasteiger partial charge in [-0.1, -0.05) is 32.0 Å². The number of nitrogens with one attached hydrogen (secondary N) is 1. The van der Waals surface area contributed by atoms with Gasteiger partial charge in [-0.15, -0.1) is 0 Å².